The van der Waals surface area contributed by atoms with Gasteiger partial charge in [0.15, 0.2) is 0 Å². The van der Waals surface area contributed by atoms with E-state index >= 15 is 0 Å². The molecule has 0 aromatic heterocycles. The average molecular weight is 488 g/mol. The molecule has 2 saturated carbocycles. The molecule has 3 aromatic carbocycles. The lowest BCUT2D eigenvalue weighted by Gasteiger charge is -2.30. The third-order valence-electron chi connectivity index (χ3n) is 9.09. The molecule has 2 fully saturated rings. The van der Waals surface area contributed by atoms with Crippen LogP contribution in [0.15, 0.2) is 59.5 Å². The Morgan fingerprint density at radius 2 is 1.57 bits per heavy atom. The Morgan fingerprint density at radius 3 is 2.23 bits per heavy atom. The summed E-state index contributed by atoms with van der Waals surface area (Å²) in [6.07, 6.45) is 9.27. The predicted octanol–water partition coefficient (Wildman–Crippen LogP) is 6.47. The molecule has 1 unspecified atom stereocenters. The molecule has 3 aromatic rings. The summed E-state index contributed by atoms with van der Waals surface area (Å²) in [5.41, 5.74) is 4.10. The van der Waals surface area contributed by atoms with Crippen LogP contribution in [0.5, 0.6) is 0 Å². The summed E-state index contributed by atoms with van der Waals surface area (Å²) in [4.78, 5) is 14.0. The normalized spacial score (nSPS) is 22.4. The third kappa shape index (κ3) is 3.54. The fraction of sp³-hybridized carbons (Fsp3) is 0.433. The molecule has 0 heterocycles. The van der Waals surface area contributed by atoms with Crippen molar-refractivity contribution in [3.8, 4) is 0 Å². The monoisotopic (exact) mass is 487 g/mol. The molecular formula is C30H33NO3S. The van der Waals surface area contributed by atoms with Crippen LogP contribution in [-0.2, 0) is 26.7 Å². The van der Waals surface area contributed by atoms with Crippen molar-refractivity contribution in [1.82, 2.24) is 4.72 Å². The molecule has 6 rings (SSSR count). The van der Waals surface area contributed by atoms with Gasteiger partial charge in [-0.1, -0.05) is 68.3 Å². The maximum atomic E-state index is 13.8. The highest BCUT2D eigenvalue weighted by atomic mass is 32.2. The van der Waals surface area contributed by atoms with Crippen molar-refractivity contribution in [3.63, 3.8) is 0 Å². The van der Waals surface area contributed by atoms with Gasteiger partial charge in [-0.15, -0.1) is 0 Å². The number of hydrogen-bond donors (Lipinski definition) is 1. The number of sulfonamides is 1. The average Bonchev–Trinajstić information content (AvgIpc) is 3.17. The van der Waals surface area contributed by atoms with Crippen LogP contribution in [-0.4, -0.2) is 14.3 Å². The fourth-order valence-electron chi connectivity index (χ4n) is 6.55. The highest BCUT2D eigenvalue weighted by Crippen LogP contribution is 2.48. The second-order valence-corrected chi connectivity index (χ2v) is 12.3. The first-order chi connectivity index (χ1) is 16.9. The van der Waals surface area contributed by atoms with Crippen LogP contribution >= 0.6 is 0 Å². The first kappa shape index (κ1) is 22.8. The van der Waals surface area contributed by atoms with Crippen LogP contribution in [0.2, 0.25) is 0 Å². The van der Waals surface area contributed by atoms with Gasteiger partial charge in [0.2, 0.25) is 5.91 Å². The number of hydrogen-bond acceptors (Lipinski definition) is 3. The van der Waals surface area contributed by atoms with Crippen molar-refractivity contribution in [2.45, 2.75) is 86.9 Å². The molecule has 0 radical (unpaired) electrons. The molecule has 0 saturated heterocycles. The number of rotatable bonds is 6. The fourth-order valence-corrected chi connectivity index (χ4v) is 7.81. The van der Waals surface area contributed by atoms with E-state index in [-0.39, 0.29) is 4.90 Å². The van der Waals surface area contributed by atoms with E-state index in [0.29, 0.717) is 30.1 Å². The molecular weight excluding hydrogens is 454 g/mol. The highest BCUT2D eigenvalue weighted by Gasteiger charge is 2.46. The standard InChI is InChI=1S/C30H33NO3S/c1-2-30(19-18-25-22(20-8-5-9-20)14-7-15-27(25)30)29(32)31-35(33,34)28-17-16-23(21-10-6-11-21)24-12-3-4-13-26(24)28/h3-4,7,12-17,20-21H,2,5-6,8-11,18-19H2,1H3,(H,31,32). The molecule has 1 N–H and O–H groups in total. The van der Waals surface area contributed by atoms with Gasteiger partial charge in [-0.25, -0.2) is 13.1 Å². The minimum absolute atomic E-state index is 0.192. The topological polar surface area (TPSA) is 63.2 Å². The number of benzene rings is 3. The number of amides is 1. The Labute approximate surface area is 208 Å². The first-order valence-corrected chi connectivity index (χ1v) is 14.6. The van der Waals surface area contributed by atoms with E-state index in [1.54, 1.807) is 6.07 Å². The largest absolute Gasteiger partial charge is 0.273 e. The lowest BCUT2D eigenvalue weighted by Crippen LogP contribution is -2.45. The quantitative estimate of drug-likeness (QED) is 0.433. The summed E-state index contributed by atoms with van der Waals surface area (Å²) in [6.45, 7) is 2.00. The molecule has 3 aliphatic rings. The lowest BCUT2D eigenvalue weighted by molar-refractivity contribution is -0.125. The summed E-state index contributed by atoms with van der Waals surface area (Å²) in [5.74, 6) is 0.691. The van der Waals surface area contributed by atoms with Crippen LogP contribution in [0.1, 0.15) is 92.4 Å². The zero-order valence-electron chi connectivity index (χ0n) is 20.3. The molecule has 5 heteroatoms. The van der Waals surface area contributed by atoms with Crippen molar-refractivity contribution in [2.24, 2.45) is 0 Å². The summed E-state index contributed by atoms with van der Waals surface area (Å²) >= 11 is 0. The third-order valence-corrected chi connectivity index (χ3v) is 10.5. The Morgan fingerprint density at radius 1 is 0.886 bits per heavy atom. The molecule has 4 nitrogen and oxygen atoms in total. The van der Waals surface area contributed by atoms with Crippen molar-refractivity contribution in [2.75, 3.05) is 0 Å². The van der Waals surface area contributed by atoms with Crippen molar-refractivity contribution in [3.05, 3.63) is 76.9 Å². The van der Waals surface area contributed by atoms with Crippen molar-refractivity contribution < 1.29 is 13.2 Å². The van der Waals surface area contributed by atoms with Crippen LogP contribution < -0.4 is 4.72 Å². The van der Waals surface area contributed by atoms with Gasteiger partial charge in [0.05, 0.1) is 10.3 Å². The van der Waals surface area contributed by atoms with E-state index in [0.717, 1.165) is 30.2 Å². The van der Waals surface area contributed by atoms with Gasteiger partial charge in [0, 0.05) is 5.39 Å². The van der Waals surface area contributed by atoms with Crippen molar-refractivity contribution in [1.29, 1.82) is 0 Å². The van der Waals surface area contributed by atoms with E-state index in [4.69, 9.17) is 0 Å². The predicted molar refractivity (Wildman–Crippen MR) is 139 cm³/mol. The van der Waals surface area contributed by atoms with E-state index < -0.39 is 21.3 Å². The summed E-state index contributed by atoms with van der Waals surface area (Å²) in [5, 5.41) is 1.68. The zero-order valence-corrected chi connectivity index (χ0v) is 21.2. The molecule has 1 amide bonds. The zero-order chi connectivity index (χ0) is 24.2. The molecule has 0 aliphatic heterocycles. The Kier molecular flexibility index (Phi) is 5.52. The van der Waals surface area contributed by atoms with E-state index in [1.165, 1.54) is 42.4 Å². The number of carbonyl (C=O) groups excluding carboxylic acids is 1. The van der Waals surface area contributed by atoms with Crippen LogP contribution in [0.3, 0.4) is 0 Å². The Bertz CT molecular complexity index is 1420. The minimum Gasteiger partial charge on any atom is -0.273 e. The number of fused-ring (bicyclic) bond motifs is 2. The first-order valence-electron chi connectivity index (χ1n) is 13.2. The molecule has 0 bridgehead atoms. The van der Waals surface area contributed by atoms with Crippen LogP contribution in [0, 0.1) is 0 Å². The van der Waals surface area contributed by atoms with Gasteiger partial charge in [-0.2, -0.15) is 0 Å². The van der Waals surface area contributed by atoms with Gasteiger partial charge < -0.3 is 0 Å². The van der Waals surface area contributed by atoms with Crippen molar-refractivity contribution >= 4 is 26.7 Å². The second-order valence-electron chi connectivity index (χ2n) is 10.7. The summed E-state index contributed by atoms with van der Waals surface area (Å²) in [7, 11) is -4.02. The van der Waals surface area contributed by atoms with Gasteiger partial charge >= 0.3 is 0 Å². The maximum Gasteiger partial charge on any atom is 0.264 e. The summed E-state index contributed by atoms with van der Waals surface area (Å²) < 4.78 is 29.8. The second kappa shape index (κ2) is 8.48. The van der Waals surface area contributed by atoms with Gasteiger partial charge in [-0.3, -0.25) is 4.79 Å². The smallest absolute Gasteiger partial charge is 0.264 e. The van der Waals surface area contributed by atoms with Crippen LogP contribution in [0.25, 0.3) is 10.8 Å². The van der Waals surface area contributed by atoms with Gasteiger partial charge in [-0.05, 0) is 90.5 Å². The van der Waals surface area contributed by atoms with E-state index in [2.05, 4.69) is 16.9 Å². The maximum absolute atomic E-state index is 13.8. The highest BCUT2D eigenvalue weighted by molar-refractivity contribution is 7.90. The molecule has 182 valence electrons. The Balaban J connectivity index is 1.36. The molecule has 35 heavy (non-hydrogen) atoms. The van der Waals surface area contributed by atoms with Gasteiger partial charge in [0.25, 0.3) is 10.0 Å². The minimum atomic E-state index is -4.02. The number of carbonyl (C=O) groups is 1. The molecule has 1 atom stereocenters. The molecule has 0 spiro atoms. The number of nitrogens with one attached hydrogen (secondary N) is 1. The summed E-state index contributed by atoms with van der Waals surface area (Å²) in [6, 6.07) is 17.7. The SMILES string of the molecule is CCC1(C(=O)NS(=O)(=O)c2ccc(C3CCC3)c3ccccc23)CCc2c(C3CCC3)cccc21. The van der Waals surface area contributed by atoms with Gasteiger partial charge in [0.1, 0.15) is 0 Å². The Hall–Kier alpha value is -2.66. The van der Waals surface area contributed by atoms with E-state index in [1.807, 2.05) is 43.3 Å². The van der Waals surface area contributed by atoms with E-state index in [9.17, 15) is 13.2 Å². The lowest BCUT2D eigenvalue weighted by atomic mass is 9.75. The van der Waals surface area contributed by atoms with Crippen LogP contribution in [0.4, 0.5) is 0 Å². The molecule has 3 aliphatic carbocycles.